The normalized spacial score (nSPS) is 12.4. The molecule has 0 radical (unpaired) electrons. The van der Waals surface area contributed by atoms with Gasteiger partial charge in [-0.25, -0.2) is 0 Å². The van der Waals surface area contributed by atoms with E-state index < -0.39 is 0 Å². The molecular weight excluding hydrogens is 310 g/mol. The van der Waals surface area contributed by atoms with Crippen LogP contribution in [0.3, 0.4) is 0 Å². The Hall–Kier alpha value is -1.12. The van der Waals surface area contributed by atoms with Crippen LogP contribution in [0.15, 0.2) is 40.9 Å². The van der Waals surface area contributed by atoms with E-state index in [4.69, 9.17) is 0 Å². The van der Waals surface area contributed by atoms with Crippen LogP contribution in [0.2, 0.25) is 0 Å². The molecule has 2 heteroatoms. The van der Waals surface area contributed by atoms with Gasteiger partial charge in [-0.3, -0.25) is 0 Å². The average molecular weight is 332 g/mol. The molecule has 2 rings (SSSR count). The van der Waals surface area contributed by atoms with Gasteiger partial charge in [-0.05, 0) is 56.5 Å². The van der Waals surface area contributed by atoms with Crippen molar-refractivity contribution in [3.8, 4) is 0 Å². The van der Waals surface area contributed by atoms with Gasteiger partial charge in [0, 0.05) is 10.5 Å². The number of hydrogen-bond acceptors (Lipinski definition) is 1. The SMILES string of the molecule is CNC(Cc1cc(C)ccc1C)c1cccc(C)c1Br. The number of rotatable bonds is 4. The lowest BCUT2D eigenvalue weighted by molar-refractivity contribution is 0.587. The second kappa shape index (κ2) is 6.55. The first-order chi connectivity index (χ1) is 9.52. The predicted octanol–water partition coefficient (Wildman–Crippen LogP) is 4.88. The zero-order valence-electron chi connectivity index (χ0n) is 12.6. The molecule has 0 amide bonds. The fourth-order valence-corrected chi connectivity index (χ4v) is 3.09. The highest BCUT2D eigenvalue weighted by Gasteiger charge is 2.15. The van der Waals surface area contributed by atoms with Gasteiger partial charge in [0.25, 0.3) is 0 Å². The van der Waals surface area contributed by atoms with Gasteiger partial charge in [-0.15, -0.1) is 0 Å². The Balaban J connectivity index is 2.34. The van der Waals surface area contributed by atoms with Crippen LogP contribution in [0.4, 0.5) is 0 Å². The molecule has 2 aromatic carbocycles. The topological polar surface area (TPSA) is 12.0 Å². The molecule has 0 saturated heterocycles. The highest BCUT2D eigenvalue weighted by atomic mass is 79.9. The molecule has 0 aliphatic rings. The van der Waals surface area contributed by atoms with Crippen LogP contribution in [-0.2, 0) is 6.42 Å². The van der Waals surface area contributed by atoms with Crippen molar-refractivity contribution in [2.24, 2.45) is 0 Å². The third-order valence-electron chi connectivity index (χ3n) is 3.87. The molecule has 0 heterocycles. The quantitative estimate of drug-likeness (QED) is 0.842. The van der Waals surface area contributed by atoms with E-state index >= 15 is 0 Å². The minimum atomic E-state index is 0.324. The second-order valence-corrected chi connectivity index (χ2v) is 6.25. The number of likely N-dealkylation sites (N-methyl/N-ethyl adjacent to an activating group) is 1. The molecule has 1 atom stereocenters. The predicted molar refractivity (Wildman–Crippen MR) is 90.3 cm³/mol. The minimum absolute atomic E-state index is 0.324. The molecule has 0 fully saturated rings. The van der Waals surface area contributed by atoms with Crippen LogP contribution in [0, 0.1) is 20.8 Å². The number of nitrogens with one attached hydrogen (secondary N) is 1. The van der Waals surface area contributed by atoms with Crippen molar-refractivity contribution in [1.29, 1.82) is 0 Å². The summed E-state index contributed by atoms with van der Waals surface area (Å²) in [7, 11) is 2.03. The van der Waals surface area contributed by atoms with Gasteiger partial charge in [-0.1, -0.05) is 57.9 Å². The van der Waals surface area contributed by atoms with E-state index in [0.29, 0.717) is 6.04 Å². The molecule has 0 spiro atoms. The van der Waals surface area contributed by atoms with Crippen molar-refractivity contribution < 1.29 is 0 Å². The molecule has 1 N–H and O–H groups in total. The largest absolute Gasteiger partial charge is 0.313 e. The highest BCUT2D eigenvalue weighted by Crippen LogP contribution is 2.29. The lowest BCUT2D eigenvalue weighted by Gasteiger charge is -2.20. The number of halogens is 1. The monoisotopic (exact) mass is 331 g/mol. The van der Waals surface area contributed by atoms with E-state index in [1.165, 1.54) is 32.3 Å². The van der Waals surface area contributed by atoms with Crippen molar-refractivity contribution in [2.45, 2.75) is 33.2 Å². The smallest absolute Gasteiger partial charge is 0.0369 e. The van der Waals surface area contributed by atoms with Crippen molar-refractivity contribution in [3.05, 3.63) is 68.7 Å². The summed E-state index contributed by atoms with van der Waals surface area (Å²) in [6.45, 7) is 6.48. The van der Waals surface area contributed by atoms with Crippen LogP contribution in [0.25, 0.3) is 0 Å². The van der Waals surface area contributed by atoms with Crippen molar-refractivity contribution >= 4 is 15.9 Å². The van der Waals surface area contributed by atoms with E-state index in [9.17, 15) is 0 Å². The maximum Gasteiger partial charge on any atom is 0.0369 e. The lowest BCUT2D eigenvalue weighted by Crippen LogP contribution is -2.20. The molecule has 20 heavy (non-hydrogen) atoms. The molecule has 1 unspecified atom stereocenters. The summed E-state index contributed by atoms with van der Waals surface area (Å²) in [6.07, 6.45) is 1.01. The summed E-state index contributed by atoms with van der Waals surface area (Å²) < 4.78 is 1.21. The second-order valence-electron chi connectivity index (χ2n) is 5.45. The van der Waals surface area contributed by atoms with Gasteiger partial charge in [-0.2, -0.15) is 0 Å². The molecule has 1 nitrogen and oxygen atoms in total. The Labute approximate surface area is 130 Å². The number of hydrogen-bond donors (Lipinski definition) is 1. The Kier molecular flexibility index (Phi) is 5.00. The molecule has 0 saturated carbocycles. The van der Waals surface area contributed by atoms with Crippen LogP contribution < -0.4 is 5.32 Å². The van der Waals surface area contributed by atoms with Crippen molar-refractivity contribution in [3.63, 3.8) is 0 Å². The first-order valence-electron chi connectivity index (χ1n) is 7.01. The van der Waals surface area contributed by atoms with Gasteiger partial charge in [0.15, 0.2) is 0 Å². The van der Waals surface area contributed by atoms with E-state index in [-0.39, 0.29) is 0 Å². The van der Waals surface area contributed by atoms with E-state index in [1.54, 1.807) is 0 Å². The molecule has 0 aromatic heterocycles. The summed E-state index contributed by atoms with van der Waals surface area (Å²) in [5.41, 5.74) is 6.71. The number of aryl methyl sites for hydroxylation is 3. The van der Waals surface area contributed by atoms with Gasteiger partial charge in [0.1, 0.15) is 0 Å². The van der Waals surface area contributed by atoms with Crippen LogP contribution in [0.5, 0.6) is 0 Å². The third kappa shape index (κ3) is 3.31. The van der Waals surface area contributed by atoms with E-state index in [1.807, 2.05) is 7.05 Å². The summed E-state index contributed by atoms with van der Waals surface area (Å²) in [5.74, 6) is 0. The lowest BCUT2D eigenvalue weighted by atomic mass is 9.94. The summed E-state index contributed by atoms with van der Waals surface area (Å²) >= 11 is 3.73. The third-order valence-corrected chi connectivity index (χ3v) is 4.96. The van der Waals surface area contributed by atoms with Gasteiger partial charge >= 0.3 is 0 Å². The number of benzene rings is 2. The van der Waals surface area contributed by atoms with Gasteiger partial charge in [0.05, 0.1) is 0 Å². The Morgan fingerprint density at radius 1 is 1.05 bits per heavy atom. The van der Waals surface area contributed by atoms with E-state index in [2.05, 4.69) is 78.4 Å². The molecule has 0 aliphatic heterocycles. The van der Waals surface area contributed by atoms with E-state index in [0.717, 1.165) is 6.42 Å². The standard InChI is InChI=1S/C18H22BrN/c1-12-8-9-13(2)15(10-12)11-17(20-4)16-7-5-6-14(3)18(16)19/h5-10,17,20H,11H2,1-4H3. The fourth-order valence-electron chi connectivity index (χ4n) is 2.55. The highest BCUT2D eigenvalue weighted by molar-refractivity contribution is 9.10. The Morgan fingerprint density at radius 3 is 2.50 bits per heavy atom. The first-order valence-corrected chi connectivity index (χ1v) is 7.80. The first kappa shape index (κ1) is 15.3. The van der Waals surface area contributed by atoms with Crippen molar-refractivity contribution in [2.75, 3.05) is 7.05 Å². The molecule has 0 bridgehead atoms. The van der Waals surface area contributed by atoms with Gasteiger partial charge < -0.3 is 5.32 Å². The minimum Gasteiger partial charge on any atom is -0.313 e. The van der Waals surface area contributed by atoms with Crippen LogP contribution >= 0.6 is 15.9 Å². The Morgan fingerprint density at radius 2 is 1.80 bits per heavy atom. The zero-order chi connectivity index (χ0) is 14.7. The van der Waals surface area contributed by atoms with Crippen molar-refractivity contribution in [1.82, 2.24) is 5.32 Å². The molecule has 0 aliphatic carbocycles. The average Bonchev–Trinajstić information content (AvgIpc) is 2.43. The molecule has 2 aromatic rings. The summed E-state index contributed by atoms with van der Waals surface area (Å²) in [6, 6.07) is 13.5. The Bertz CT molecular complexity index is 604. The van der Waals surface area contributed by atoms with Crippen LogP contribution in [0.1, 0.15) is 33.9 Å². The maximum atomic E-state index is 3.73. The maximum absolute atomic E-state index is 3.73. The fraction of sp³-hybridized carbons (Fsp3) is 0.333. The van der Waals surface area contributed by atoms with Crippen LogP contribution in [-0.4, -0.2) is 7.05 Å². The molecule has 106 valence electrons. The molecular formula is C18H22BrN. The summed E-state index contributed by atoms with van der Waals surface area (Å²) in [5, 5.41) is 3.45. The summed E-state index contributed by atoms with van der Waals surface area (Å²) in [4.78, 5) is 0. The van der Waals surface area contributed by atoms with Gasteiger partial charge in [0.2, 0.25) is 0 Å². The zero-order valence-corrected chi connectivity index (χ0v) is 14.2.